The Morgan fingerprint density at radius 2 is 1.52 bits per heavy atom. The fourth-order valence-electron chi connectivity index (χ4n) is 5.34. The topological polar surface area (TPSA) is 60.8 Å². The van der Waals surface area contributed by atoms with Crippen LogP contribution in [0, 0.1) is 0 Å². The number of benzene rings is 4. The molecule has 0 saturated carbocycles. The summed E-state index contributed by atoms with van der Waals surface area (Å²) in [4.78, 5) is 27.9. The zero-order valence-electron chi connectivity index (χ0n) is 22.4. The molecule has 200 valence electrons. The van der Waals surface area contributed by atoms with Gasteiger partial charge in [0.05, 0.1) is 18.0 Å². The first kappa shape index (κ1) is 25.4. The van der Waals surface area contributed by atoms with Gasteiger partial charge < -0.3 is 18.9 Å². The number of aromatic nitrogens is 1. The van der Waals surface area contributed by atoms with Crippen LogP contribution in [0.15, 0.2) is 103 Å². The van der Waals surface area contributed by atoms with E-state index in [1.165, 1.54) is 0 Å². The Kier molecular flexibility index (Phi) is 7.06. The lowest BCUT2D eigenvalue weighted by molar-refractivity contribution is -0.143. The first-order valence-corrected chi connectivity index (χ1v) is 13.6. The van der Waals surface area contributed by atoms with Crippen molar-refractivity contribution < 1.29 is 19.1 Å². The van der Waals surface area contributed by atoms with Crippen LogP contribution in [0.5, 0.6) is 11.5 Å². The highest BCUT2D eigenvalue weighted by Gasteiger charge is 2.24. The van der Waals surface area contributed by atoms with Gasteiger partial charge in [-0.25, -0.2) is 0 Å². The van der Waals surface area contributed by atoms with Gasteiger partial charge in [0.1, 0.15) is 0 Å². The van der Waals surface area contributed by atoms with Crippen LogP contribution >= 0.6 is 0 Å². The normalized spacial score (nSPS) is 12.0. The highest BCUT2D eigenvalue weighted by molar-refractivity contribution is 6.16. The number of para-hydroxylation sites is 5. The third-order valence-corrected chi connectivity index (χ3v) is 7.18. The van der Waals surface area contributed by atoms with E-state index in [0.29, 0.717) is 43.7 Å². The van der Waals surface area contributed by atoms with Crippen LogP contribution in [0.1, 0.15) is 41.3 Å². The Morgan fingerprint density at radius 1 is 0.825 bits per heavy atom. The minimum Gasteiger partial charge on any atom is -0.466 e. The average Bonchev–Trinajstić information content (AvgIpc) is 3.35. The monoisotopic (exact) mass is 530 g/mol. The molecule has 0 radical (unpaired) electrons. The second kappa shape index (κ2) is 11.1. The standard InChI is InChI=1S/C34H30N2O4/c1-2-39-33(37)19-10-20-35-23-27(26-13-3-4-14-28(26)35)34(38)25-12-9-11-24(21-25)22-36-29-15-5-7-17-31(29)40-32-18-8-6-16-30(32)36/h3-9,11-18,21,23H,2,10,19-20,22H2,1H3. The van der Waals surface area contributed by atoms with Crippen LogP contribution < -0.4 is 9.64 Å². The van der Waals surface area contributed by atoms with Crippen LogP contribution in [0.4, 0.5) is 11.4 Å². The molecular formula is C34H30N2O4. The van der Waals surface area contributed by atoms with Crippen LogP contribution in [0.2, 0.25) is 0 Å². The average molecular weight is 531 g/mol. The summed E-state index contributed by atoms with van der Waals surface area (Å²) in [7, 11) is 0. The predicted octanol–water partition coefficient (Wildman–Crippen LogP) is 7.66. The number of nitrogens with zero attached hydrogens (tertiary/aromatic N) is 2. The highest BCUT2D eigenvalue weighted by Crippen LogP contribution is 2.46. The molecule has 6 heteroatoms. The second-order valence-corrected chi connectivity index (χ2v) is 9.82. The minimum absolute atomic E-state index is 0.0232. The molecule has 6 nitrogen and oxygen atoms in total. The Hall–Kier alpha value is -4.84. The summed E-state index contributed by atoms with van der Waals surface area (Å²) in [6.45, 7) is 3.41. The summed E-state index contributed by atoms with van der Waals surface area (Å²) in [6, 6.07) is 31.8. The van der Waals surface area contributed by atoms with Gasteiger partial charge in [-0.2, -0.15) is 0 Å². The first-order chi connectivity index (χ1) is 19.6. The number of rotatable bonds is 9. The smallest absolute Gasteiger partial charge is 0.305 e. The summed E-state index contributed by atoms with van der Waals surface area (Å²) < 4.78 is 13.3. The van der Waals surface area contributed by atoms with Crippen LogP contribution in [-0.2, 0) is 22.6 Å². The fraction of sp³-hybridized carbons (Fsp3) is 0.176. The molecule has 4 aromatic carbocycles. The van der Waals surface area contributed by atoms with E-state index in [4.69, 9.17) is 9.47 Å². The first-order valence-electron chi connectivity index (χ1n) is 13.6. The molecule has 0 amide bonds. The van der Waals surface area contributed by atoms with Gasteiger partial charge in [-0.3, -0.25) is 9.59 Å². The Morgan fingerprint density at radius 3 is 2.27 bits per heavy atom. The maximum atomic E-state index is 13.9. The molecule has 1 aliphatic heterocycles. The zero-order valence-corrected chi connectivity index (χ0v) is 22.4. The number of esters is 1. The summed E-state index contributed by atoms with van der Waals surface area (Å²) in [5.74, 6) is 1.40. The number of carbonyl (C=O) groups excluding carboxylic acids is 2. The van der Waals surface area contributed by atoms with Crippen LogP contribution in [-0.4, -0.2) is 22.9 Å². The van der Waals surface area contributed by atoms with E-state index in [1.54, 1.807) is 0 Å². The van der Waals surface area contributed by atoms with Gasteiger partial charge in [-0.05, 0) is 55.3 Å². The third kappa shape index (κ3) is 4.96. The number of ether oxygens (including phenoxy) is 2. The molecule has 0 unspecified atom stereocenters. The number of carbonyl (C=O) groups is 2. The SMILES string of the molecule is CCOC(=O)CCCn1cc(C(=O)c2cccc(CN3c4ccccc4Oc4ccccc43)c2)c2ccccc21. The maximum absolute atomic E-state index is 13.9. The van der Waals surface area contributed by atoms with Crippen LogP contribution in [0.3, 0.4) is 0 Å². The Labute approximate surface area is 233 Å². The number of ketones is 1. The zero-order chi connectivity index (χ0) is 27.5. The molecule has 2 heterocycles. The van der Waals surface area contributed by atoms with Crippen molar-refractivity contribution in [3.05, 3.63) is 120 Å². The fourth-order valence-corrected chi connectivity index (χ4v) is 5.34. The van der Waals surface area contributed by atoms with Crippen LogP contribution in [0.25, 0.3) is 10.9 Å². The summed E-state index contributed by atoms with van der Waals surface area (Å²) in [5, 5.41) is 0.907. The van der Waals surface area contributed by atoms with Gasteiger partial charge in [0.15, 0.2) is 17.3 Å². The molecule has 0 aliphatic carbocycles. The van der Waals surface area contributed by atoms with Crippen molar-refractivity contribution in [1.82, 2.24) is 4.57 Å². The molecule has 1 aliphatic rings. The quantitative estimate of drug-likeness (QED) is 0.145. The second-order valence-electron chi connectivity index (χ2n) is 9.82. The van der Waals surface area contributed by atoms with E-state index >= 15 is 0 Å². The third-order valence-electron chi connectivity index (χ3n) is 7.18. The van der Waals surface area contributed by atoms with E-state index in [2.05, 4.69) is 27.7 Å². The molecule has 40 heavy (non-hydrogen) atoms. The Bertz CT molecular complexity index is 1660. The summed E-state index contributed by atoms with van der Waals surface area (Å²) in [5.41, 5.74) is 5.28. The van der Waals surface area contributed by atoms with Gasteiger partial charge in [0.25, 0.3) is 0 Å². The molecule has 0 bridgehead atoms. The molecule has 0 saturated heterocycles. The summed E-state index contributed by atoms with van der Waals surface area (Å²) >= 11 is 0. The molecule has 6 rings (SSSR count). The van der Waals surface area contributed by atoms with Crippen molar-refractivity contribution in [3.63, 3.8) is 0 Å². The van der Waals surface area contributed by atoms with E-state index in [0.717, 1.165) is 39.3 Å². The van der Waals surface area contributed by atoms with Gasteiger partial charge in [0, 0.05) is 47.7 Å². The predicted molar refractivity (Wildman–Crippen MR) is 156 cm³/mol. The van der Waals surface area contributed by atoms with Crippen molar-refractivity contribution >= 4 is 34.0 Å². The van der Waals surface area contributed by atoms with Crippen molar-refractivity contribution in [1.29, 1.82) is 0 Å². The lowest BCUT2D eigenvalue weighted by atomic mass is 10.0. The molecule has 1 aromatic heterocycles. The Balaban J connectivity index is 1.28. The number of hydrogen-bond donors (Lipinski definition) is 0. The number of anilines is 2. The lowest BCUT2D eigenvalue weighted by Crippen LogP contribution is -2.20. The van der Waals surface area contributed by atoms with E-state index in [-0.39, 0.29) is 11.8 Å². The van der Waals surface area contributed by atoms with Gasteiger partial charge in [-0.15, -0.1) is 0 Å². The van der Waals surface area contributed by atoms with Gasteiger partial charge >= 0.3 is 5.97 Å². The minimum atomic E-state index is -0.197. The molecule has 0 spiro atoms. The number of fused-ring (bicyclic) bond motifs is 3. The van der Waals surface area contributed by atoms with Crippen molar-refractivity contribution in [2.24, 2.45) is 0 Å². The largest absolute Gasteiger partial charge is 0.466 e. The maximum Gasteiger partial charge on any atom is 0.305 e. The van der Waals surface area contributed by atoms with Gasteiger partial charge in [0.2, 0.25) is 0 Å². The summed E-state index contributed by atoms with van der Waals surface area (Å²) in [6.07, 6.45) is 2.90. The molecule has 0 N–H and O–H groups in total. The van der Waals surface area contributed by atoms with Crippen molar-refractivity contribution in [2.45, 2.75) is 32.9 Å². The van der Waals surface area contributed by atoms with E-state index in [1.807, 2.05) is 92.0 Å². The number of hydrogen-bond acceptors (Lipinski definition) is 5. The lowest BCUT2D eigenvalue weighted by Gasteiger charge is -2.32. The number of aryl methyl sites for hydroxylation is 1. The molecule has 0 atom stereocenters. The van der Waals surface area contributed by atoms with Crippen molar-refractivity contribution in [2.75, 3.05) is 11.5 Å². The molecule has 0 fully saturated rings. The highest BCUT2D eigenvalue weighted by atomic mass is 16.5. The van der Waals surface area contributed by atoms with E-state index in [9.17, 15) is 9.59 Å². The molecular weight excluding hydrogens is 500 g/mol. The van der Waals surface area contributed by atoms with E-state index < -0.39 is 0 Å². The molecule has 5 aromatic rings. The van der Waals surface area contributed by atoms with Crippen molar-refractivity contribution in [3.8, 4) is 11.5 Å². The van der Waals surface area contributed by atoms with Gasteiger partial charge in [-0.1, -0.05) is 60.7 Å².